The highest BCUT2D eigenvalue weighted by Crippen LogP contribution is 2.45. The Bertz CT molecular complexity index is 1990. The largest absolute Gasteiger partial charge is 0.472 e. The SMILES string of the molecule is CCCCCCCCCCCC(=O)OC[C@H](COP(=O)(O)OC[C@H](O)COP(=O)(O)OC[C@@H](COC(=O)CCCCCCCCCCCCCCCCCCC(C)C)OC(=O)CCCCCCCCCCCCCCCCCCCCC(C)C)OC(=O)CCCCCCCCCCCCCC(C)C. The van der Waals surface area contributed by atoms with E-state index in [4.69, 9.17) is 37.0 Å². The lowest BCUT2D eigenvalue weighted by molar-refractivity contribution is -0.161. The molecule has 0 aromatic carbocycles. The average molecular weight is 1510 g/mol. The summed E-state index contributed by atoms with van der Waals surface area (Å²) in [5.74, 6) is 0.290. The second-order valence-corrected chi connectivity index (χ2v) is 34.6. The maximum atomic E-state index is 13.1. The summed E-state index contributed by atoms with van der Waals surface area (Å²) in [6.07, 6.45) is 63.9. The third kappa shape index (κ3) is 78.0. The second kappa shape index (κ2) is 74.2. The van der Waals surface area contributed by atoms with Gasteiger partial charge in [0.25, 0.3) is 0 Å². The van der Waals surface area contributed by atoms with E-state index in [-0.39, 0.29) is 25.7 Å². The summed E-state index contributed by atoms with van der Waals surface area (Å²) in [6.45, 7) is 12.0. The fraction of sp³-hybridized carbons (Fsp3) is 0.952. The molecule has 0 saturated carbocycles. The van der Waals surface area contributed by atoms with E-state index in [1.165, 1.54) is 250 Å². The first kappa shape index (κ1) is 101. The minimum Gasteiger partial charge on any atom is -0.462 e. The lowest BCUT2D eigenvalue weighted by Crippen LogP contribution is -2.30. The van der Waals surface area contributed by atoms with E-state index < -0.39 is 97.5 Å². The molecule has 2 unspecified atom stereocenters. The molecule has 0 aromatic rings. The standard InChI is InChI=1S/C84H164O17P2/c1-8-9-10-11-12-34-44-51-58-65-81(86)94-71-79(100-84(89)68-61-54-47-40-33-27-30-37-43-50-57-64-77(6)7)73-98-102(90,91)96-69-78(85)70-97-103(92,93)99-74-80(72-95-82(87)66-59-52-45-38-31-25-21-18-17-20-24-29-36-42-49-56-63-76(4)5)101-83(88)67-60-53-46-39-32-26-22-16-14-13-15-19-23-28-35-41-48-55-62-75(2)3/h75-80,85H,8-74H2,1-7H3,(H,90,91)(H,92,93)/t78-,79+,80+/m0/s1. The molecule has 0 saturated heterocycles. The fourth-order valence-corrected chi connectivity index (χ4v) is 14.6. The third-order valence-corrected chi connectivity index (χ3v) is 21.5. The number of carbonyl (C=O) groups is 4. The molecule has 19 heteroatoms. The molecular weight excluding hydrogens is 1340 g/mol. The highest BCUT2D eigenvalue weighted by atomic mass is 31.2. The molecule has 0 rings (SSSR count). The van der Waals surface area contributed by atoms with Gasteiger partial charge in [0.05, 0.1) is 26.4 Å². The Morgan fingerprint density at radius 2 is 0.447 bits per heavy atom. The van der Waals surface area contributed by atoms with Crippen LogP contribution in [0.4, 0.5) is 0 Å². The molecule has 0 heterocycles. The van der Waals surface area contributed by atoms with E-state index >= 15 is 0 Å². The topological polar surface area (TPSA) is 237 Å². The molecule has 0 radical (unpaired) electrons. The van der Waals surface area contributed by atoms with E-state index in [0.717, 1.165) is 108 Å². The zero-order valence-corrected chi connectivity index (χ0v) is 69.6. The lowest BCUT2D eigenvalue weighted by Gasteiger charge is -2.21. The summed E-state index contributed by atoms with van der Waals surface area (Å²) in [5, 5.41) is 10.7. The number of hydrogen-bond donors (Lipinski definition) is 3. The summed E-state index contributed by atoms with van der Waals surface area (Å²) in [4.78, 5) is 73.1. The van der Waals surface area contributed by atoms with Crippen LogP contribution in [0.5, 0.6) is 0 Å². The van der Waals surface area contributed by atoms with Crippen molar-refractivity contribution in [2.45, 2.75) is 458 Å². The van der Waals surface area contributed by atoms with Gasteiger partial charge in [-0.15, -0.1) is 0 Å². The van der Waals surface area contributed by atoms with E-state index in [1.54, 1.807) is 0 Å². The van der Waals surface area contributed by atoms with Crippen molar-refractivity contribution < 1.29 is 80.2 Å². The number of phosphoric ester groups is 2. The van der Waals surface area contributed by atoms with Crippen LogP contribution in [0, 0.1) is 17.8 Å². The number of rotatable bonds is 82. The van der Waals surface area contributed by atoms with Crippen molar-refractivity contribution in [1.82, 2.24) is 0 Å². The van der Waals surface area contributed by atoms with Gasteiger partial charge >= 0.3 is 39.5 Å². The molecular formula is C84H164O17P2. The van der Waals surface area contributed by atoms with Gasteiger partial charge in [0, 0.05) is 25.7 Å². The number of unbranched alkanes of at least 4 members (excludes halogenated alkanes) is 50. The smallest absolute Gasteiger partial charge is 0.462 e. The Kier molecular flexibility index (Phi) is 72.8. The molecule has 5 atom stereocenters. The van der Waals surface area contributed by atoms with E-state index in [0.29, 0.717) is 25.7 Å². The van der Waals surface area contributed by atoms with Gasteiger partial charge in [0.15, 0.2) is 12.2 Å². The van der Waals surface area contributed by atoms with Crippen molar-refractivity contribution >= 4 is 39.5 Å². The van der Waals surface area contributed by atoms with E-state index in [2.05, 4.69) is 48.5 Å². The highest BCUT2D eigenvalue weighted by molar-refractivity contribution is 7.47. The van der Waals surface area contributed by atoms with Gasteiger partial charge in [-0.05, 0) is 43.4 Å². The van der Waals surface area contributed by atoms with Gasteiger partial charge in [0.1, 0.15) is 19.3 Å². The van der Waals surface area contributed by atoms with Gasteiger partial charge in [0.2, 0.25) is 0 Å². The number of carbonyl (C=O) groups excluding carboxylic acids is 4. The number of aliphatic hydroxyl groups excluding tert-OH is 1. The van der Waals surface area contributed by atoms with Gasteiger partial charge in [-0.25, -0.2) is 9.13 Å². The number of ether oxygens (including phenoxy) is 4. The van der Waals surface area contributed by atoms with Crippen molar-refractivity contribution in [1.29, 1.82) is 0 Å². The first-order chi connectivity index (χ1) is 49.7. The van der Waals surface area contributed by atoms with Gasteiger partial charge in [-0.1, -0.05) is 389 Å². The Morgan fingerprint density at radius 1 is 0.262 bits per heavy atom. The quantitative estimate of drug-likeness (QED) is 0.0222. The fourth-order valence-electron chi connectivity index (χ4n) is 13.0. The van der Waals surface area contributed by atoms with E-state index in [9.17, 15) is 43.2 Å². The van der Waals surface area contributed by atoms with Gasteiger partial charge in [-0.3, -0.25) is 37.3 Å². The summed E-state index contributed by atoms with van der Waals surface area (Å²) in [5.41, 5.74) is 0. The van der Waals surface area contributed by atoms with E-state index in [1.807, 2.05) is 0 Å². The average Bonchev–Trinajstić information content (AvgIpc) is 0.964. The van der Waals surface area contributed by atoms with Crippen LogP contribution < -0.4 is 0 Å². The zero-order valence-electron chi connectivity index (χ0n) is 67.8. The Labute approximate surface area is 632 Å². The zero-order chi connectivity index (χ0) is 75.8. The summed E-state index contributed by atoms with van der Waals surface area (Å²) < 4.78 is 68.8. The predicted molar refractivity (Wildman–Crippen MR) is 423 cm³/mol. The molecule has 0 aromatic heterocycles. The van der Waals surface area contributed by atoms with Crippen LogP contribution in [0.25, 0.3) is 0 Å². The number of esters is 4. The lowest BCUT2D eigenvalue weighted by atomic mass is 10.0. The molecule has 0 aliphatic carbocycles. The van der Waals surface area contributed by atoms with Gasteiger partial charge < -0.3 is 33.8 Å². The van der Waals surface area contributed by atoms with Crippen LogP contribution in [0.2, 0.25) is 0 Å². The summed E-state index contributed by atoms with van der Waals surface area (Å²) >= 11 is 0. The van der Waals surface area contributed by atoms with Crippen LogP contribution in [0.3, 0.4) is 0 Å². The van der Waals surface area contributed by atoms with Gasteiger partial charge in [-0.2, -0.15) is 0 Å². The Balaban J connectivity index is 5.21. The third-order valence-electron chi connectivity index (χ3n) is 19.6. The van der Waals surface area contributed by atoms with Crippen molar-refractivity contribution in [2.24, 2.45) is 17.8 Å². The first-order valence-electron chi connectivity index (χ1n) is 43.3. The molecule has 0 aliphatic rings. The maximum Gasteiger partial charge on any atom is 0.472 e. The number of hydrogen-bond acceptors (Lipinski definition) is 15. The molecule has 0 spiro atoms. The highest BCUT2D eigenvalue weighted by Gasteiger charge is 2.30. The molecule has 17 nitrogen and oxygen atoms in total. The molecule has 0 bridgehead atoms. The number of aliphatic hydroxyl groups is 1. The first-order valence-corrected chi connectivity index (χ1v) is 46.3. The van der Waals surface area contributed by atoms with Crippen molar-refractivity contribution in [3.8, 4) is 0 Å². The molecule has 612 valence electrons. The molecule has 0 fully saturated rings. The van der Waals surface area contributed by atoms with Crippen molar-refractivity contribution in [2.75, 3.05) is 39.6 Å². The van der Waals surface area contributed by atoms with Crippen LogP contribution in [-0.2, 0) is 65.4 Å². The Morgan fingerprint density at radius 3 is 0.660 bits per heavy atom. The molecule has 0 amide bonds. The molecule has 103 heavy (non-hydrogen) atoms. The minimum atomic E-state index is -4.96. The molecule has 3 N–H and O–H groups in total. The predicted octanol–water partition coefficient (Wildman–Crippen LogP) is 25.3. The van der Waals surface area contributed by atoms with Crippen LogP contribution in [0.15, 0.2) is 0 Å². The molecule has 0 aliphatic heterocycles. The monoisotopic (exact) mass is 1510 g/mol. The van der Waals surface area contributed by atoms with Crippen molar-refractivity contribution in [3.05, 3.63) is 0 Å². The van der Waals surface area contributed by atoms with Crippen LogP contribution >= 0.6 is 15.6 Å². The normalized spacial score (nSPS) is 13.9. The second-order valence-electron chi connectivity index (χ2n) is 31.6. The maximum absolute atomic E-state index is 13.1. The van der Waals surface area contributed by atoms with Crippen LogP contribution in [0.1, 0.15) is 440 Å². The van der Waals surface area contributed by atoms with Crippen molar-refractivity contribution in [3.63, 3.8) is 0 Å². The number of phosphoric acid groups is 2. The van der Waals surface area contributed by atoms with Crippen LogP contribution in [-0.4, -0.2) is 96.7 Å². The summed E-state index contributed by atoms with van der Waals surface area (Å²) in [6, 6.07) is 0. The minimum absolute atomic E-state index is 0.107. The Hall–Kier alpha value is -1.94. The summed E-state index contributed by atoms with van der Waals surface area (Å²) in [7, 11) is -9.92.